The van der Waals surface area contributed by atoms with Gasteiger partial charge in [-0.2, -0.15) is 0 Å². The molecule has 0 bridgehead atoms. The number of Topliss-reactive ketones (excluding diaryl/α,β-unsaturated/α-hetero) is 1. The van der Waals surface area contributed by atoms with Gasteiger partial charge in [0.05, 0.1) is 11.8 Å². The van der Waals surface area contributed by atoms with Gasteiger partial charge in [-0.15, -0.1) is 10.2 Å². The fourth-order valence-electron chi connectivity index (χ4n) is 12.5. The maximum atomic E-state index is 14.0. The van der Waals surface area contributed by atoms with Crippen LogP contribution in [0.4, 0.5) is 0 Å². The van der Waals surface area contributed by atoms with Crippen molar-refractivity contribution in [2.24, 2.45) is 57.2 Å². The van der Waals surface area contributed by atoms with Crippen LogP contribution in [0.5, 0.6) is 0 Å². The highest BCUT2D eigenvalue weighted by atomic mass is 16.5. The van der Waals surface area contributed by atoms with Crippen LogP contribution in [0.1, 0.15) is 130 Å². The Morgan fingerprint density at radius 1 is 0.981 bits per heavy atom. The number of rotatable bonds is 8. The molecule has 1 aromatic heterocycles. The lowest BCUT2D eigenvalue weighted by molar-refractivity contribution is -0.193. The number of aliphatic hydroxyl groups excluding tert-OH is 1. The Hall–Kier alpha value is -3.33. The average Bonchev–Trinajstić information content (AvgIpc) is 3.69. The zero-order valence-corrected chi connectivity index (χ0v) is 32.3. The molecule has 7 rings (SSSR count). The van der Waals surface area contributed by atoms with E-state index in [-0.39, 0.29) is 59.2 Å². The Bertz CT molecular complexity index is 1770. The number of carbonyl (C=O) groups is 3. The van der Waals surface area contributed by atoms with Crippen molar-refractivity contribution in [3.8, 4) is 11.5 Å². The van der Waals surface area contributed by atoms with E-state index in [4.69, 9.17) is 9.15 Å². The van der Waals surface area contributed by atoms with Crippen LogP contribution in [0.3, 0.4) is 0 Å². The summed E-state index contributed by atoms with van der Waals surface area (Å²) in [6.45, 7) is 16.6. The van der Waals surface area contributed by atoms with E-state index >= 15 is 0 Å². The number of ether oxygens (including phenoxy) is 1. The van der Waals surface area contributed by atoms with Crippen molar-refractivity contribution in [2.45, 2.75) is 132 Å². The third-order valence-electron chi connectivity index (χ3n) is 15.1. The standard InChI is InChI=1S/C43H58N2O7/c1-23(2)34-30(46)21-43(36(48)38-45-44-37(52-38)26-11-9-24(3)10-12-26)20-16-29-27(35(34)43)13-14-32-41(7)19-17-31(25(4)28(41)15-18-42(29,32)8)51-33(47)22-40(5,6)39(49)50/h9-12,23,25,27-29,31-32,36,48H,13-22H2,1-8H3,(H,49,50). The largest absolute Gasteiger partial charge is 0.481 e. The summed E-state index contributed by atoms with van der Waals surface area (Å²) >= 11 is 0. The number of carbonyl (C=O) groups excluding carboxylic acids is 2. The van der Waals surface area contributed by atoms with Gasteiger partial charge in [0.1, 0.15) is 12.2 Å². The molecule has 0 spiro atoms. The van der Waals surface area contributed by atoms with E-state index in [1.165, 1.54) is 5.57 Å². The molecule has 10 unspecified atom stereocenters. The quantitative estimate of drug-likeness (QED) is 0.257. The summed E-state index contributed by atoms with van der Waals surface area (Å²) in [6, 6.07) is 7.89. The minimum absolute atomic E-state index is 0.0554. The first-order valence-corrected chi connectivity index (χ1v) is 19.7. The molecular formula is C43H58N2O7. The molecule has 2 N–H and O–H groups in total. The molecule has 0 saturated heterocycles. The van der Waals surface area contributed by atoms with Gasteiger partial charge in [0, 0.05) is 17.4 Å². The lowest BCUT2D eigenvalue weighted by Crippen LogP contribution is -2.60. The number of carboxylic acids is 1. The second kappa shape index (κ2) is 12.9. The number of aliphatic hydroxyl groups is 1. The van der Waals surface area contributed by atoms with Crippen LogP contribution in [-0.2, 0) is 19.1 Å². The predicted molar refractivity (Wildman–Crippen MR) is 196 cm³/mol. The van der Waals surface area contributed by atoms with Gasteiger partial charge in [-0.1, -0.05) is 57.9 Å². The number of aromatic nitrogens is 2. The van der Waals surface area contributed by atoms with Crippen LogP contribution >= 0.6 is 0 Å². The SMILES string of the molecule is Cc1ccc(-c2nnc(C(O)C34CCC5C(CCC6C5(C)CCC5C(C)C(OC(=O)CC(C)(C)C(=O)O)CCC56C)C3=C(C(C)C)C(=O)C4)o2)cc1. The van der Waals surface area contributed by atoms with Gasteiger partial charge in [-0.3, -0.25) is 14.4 Å². The first-order chi connectivity index (χ1) is 24.4. The fourth-order valence-corrected chi connectivity index (χ4v) is 12.5. The lowest BCUT2D eigenvalue weighted by atomic mass is 9.38. The van der Waals surface area contributed by atoms with Crippen molar-refractivity contribution in [3.05, 3.63) is 46.9 Å². The van der Waals surface area contributed by atoms with Crippen LogP contribution in [0.25, 0.3) is 11.5 Å². The molecule has 4 saturated carbocycles. The molecular weight excluding hydrogens is 656 g/mol. The van der Waals surface area contributed by atoms with Crippen molar-refractivity contribution in [2.75, 3.05) is 0 Å². The number of aliphatic carboxylic acids is 1. The summed E-state index contributed by atoms with van der Waals surface area (Å²) in [5.41, 5.74) is 2.28. The van der Waals surface area contributed by atoms with E-state index in [9.17, 15) is 24.6 Å². The molecule has 0 radical (unpaired) electrons. The third kappa shape index (κ3) is 5.70. The Morgan fingerprint density at radius 3 is 2.31 bits per heavy atom. The zero-order valence-electron chi connectivity index (χ0n) is 32.3. The molecule has 1 heterocycles. The average molecular weight is 715 g/mol. The van der Waals surface area contributed by atoms with Crippen molar-refractivity contribution in [1.29, 1.82) is 0 Å². The van der Waals surface area contributed by atoms with Crippen LogP contribution in [0, 0.1) is 64.1 Å². The summed E-state index contributed by atoms with van der Waals surface area (Å²) in [5.74, 6) is 1.05. The van der Waals surface area contributed by atoms with Gasteiger partial charge in [0.25, 0.3) is 0 Å². The molecule has 4 fully saturated rings. The first-order valence-electron chi connectivity index (χ1n) is 19.7. The molecule has 5 aliphatic rings. The molecule has 10 atom stereocenters. The first kappa shape index (κ1) is 37.0. The molecule has 282 valence electrons. The number of aryl methyl sites for hydroxylation is 1. The van der Waals surface area contributed by atoms with Crippen molar-refractivity contribution >= 4 is 17.7 Å². The number of nitrogens with zero attached hydrogens (tertiary/aromatic N) is 2. The molecule has 52 heavy (non-hydrogen) atoms. The topological polar surface area (TPSA) is 140 Å². The molecule has 1 aromatic carbocycles. The van der Waals surface area contributed by atoms with E-state index in [0.29, 0.717) is 30.1 Å². The minimum atomic E-state index is -1.16. The second-order valence-corrected chi connectivity index (χ2v) is 18.8. The van der Waals surface area contributed by atoms with Crippen molar-refractivity contribution in [1.82, 2.24) is 10.2 Å². The van der Waals surface area contributed by atoms with Crippen molar-refractivity contribution in [3.63, 3.8) is 0 Å². The van der Waals surface area contributed by atoms with Crippen LogP contribution in [0.2, 0.25) is 0 Å². The Morgan fingerprint density at radius 2 is 1.63 bits per heavy atom. The number of hydrogen-bond acceptors (Lipinski definition) is 8. The van der Waals surface area contributed by atoms with E-state index in [1.807, 2.05) is 31.2 Å². The van der Waals surface area contributed by atoms with E-state index in [2.05, 4.69) is 44.8 Å². The van der Waals surface area contributed by atoms with Gasteiger partial charge >= 0.3 is 11.9 Å². The highest BCUT2D eigenvalue weighted by Gasteiger charge is 2.66. The minimum Gasteiger partial charge on any atom is -0.481 e. The van der Waals surface area contributed by atoms with Crippen LogP contribution in [-0.4, -0.2) is 44.2 Å². The Balaban J connectivity index is 1.15. The summed E-state index contributed by atoms with van der Waals surface area (Å²) in [5, 5.41) is 30.5. The van der Waals surface area contributed by atoms with Crippen LogP contribution < -0.4 is 0 Å². The number of benzene rings is 1. The summed E-state index contributed by atoms with van der Waals surface area (Å²) in [6.07, 6.45) is 6.46. The Labute approximate surface area is 308 Å². The van der Waals surface area contributed by atoms with Crippen molar-refractivity contribution < 1.29 is 33.8 Å². The highest BCUT2D eigenvalue weighted by Crippen LogP contribution is 2.72. The van der Waals surface area contributed by atoms with Gasteiger partial charge < -0.3 is 19.4 Å². The predicted octanol–water partition coefficient (Wildman–Crippen LogP) is 8.69. The van der Waals surface area contributed by atoms with Crippen LogP contribution in [0.15, 0.2) is 39.8 Å². The number of hydrogen-bond donors (Lipinski definition) is 2. The maximum Gasteiger partial charge on any atom is 0.309 e. The number of allylic oxidation sites excluding steroid dienone is 1. The lowest BCUT2D eigenvalue weighted by Gasteiger charge is -2.67. The molecule has 9 nitrogen and oxygen atoms in total. The summed E-state index contributed by atoms with van der Waals surface area (Å²) < 4.78 is 12.2. The molecule has 9 heteroatoms. The summed E-state index contributed by atoms with van der Waals surface area (Å²) in [4.78, 5) is 38.6. The maximum absolute atomic E-state index is 14.0. The zero-order chi connectivity index (χ0) is 37.5. The molecule has 5 aliphatic carbocycles. The van der Waals surface area contributed by atoms with E-state index in [1.54, 1.807) is 13.8 Å². The second-order valence-electron chi connectivity index (χ2n) is 18.8. The van der Waals surface area contributed by atoms with Gasteiger partial charge in [0.15, 0.2) is 5.78 Å². The Kier molecular flexibility index (Phi) is 9.19. The molecule has 2 aromatic rings. The van der Waals surface area contributed by atoms with Gasteiger partial charge in [0.2, 0.25) is 11.8 Å². The van der Waals surface area contributed by atoms with Gasteiger partial charge in [-0.05, 0) is 136 Å². The third-order valence-corrected chi connectivity index (χ3v) is 15.1. The highest BCUT2D eigenvalue weighted by molar-refractivity contribution is 6.00. The molecule has 0 amide bonds. The molecule has 0 aliphatic heterocycles. The monoisotopic (exact) mass is 714 g/mol. The smallest absolute Gasteiger partial charge is 0.309 e. The van der Waals surface area contributed by atoms with E-state index < -0.39 is 28.9 Å². The number of ketones is 1. The fraction of sp³-hybridized carbons (Fsp3) is 0.698. The van der Waals surface area contributed by atoms with Gasteiger partial charge in [-0.25, -0.2) is 0 Å². The number of fused-ring (bicyclic) bond motifs is 7. The number of esters is 1. The summed E-state index contributed by atoms with van der Waals surface area (Å²) in [7, 11) is 0. The normalized spacial score (nSPS) is 36.5. The number of carboxylic acid groups (broad SMARTS) is 1. The van der Waals surface area contributed by atoms with E-state index in [0.717, 1.165) is 61.6 Å².